The Kier molecular flexibility index (Phi) is 5.34. The lowest BCUT2D eigenvalue weighted by molar-refractivity contribution is 1.15. The molecule has 0 atom stereocenters. The predicted octanol–water partition coefficient (Wildman–Crippen LogP) is 11.5. The van der Waals surface area contributed by atoms with E-state index in [9.17, 15) is 0 Å². The number of benzene rings is 6. The fourth-order valence-electron chi connectivity index (χ4n) is 6.38. The van der Waals surface area contributed by atoms with Crippen molar-refractivity contribution < 1.29 is 0 Å². The molecule has 0 radical (unpaired) electrons. The molecule has 0 fully saturated rings. The standard InChI is InChI=1S/C38H24N2S2/c1-2-9-28-24(7-1)8-5-11-29(28)25-15-17-26(18-16-25)40(27-19-20-36-32(21-27)33-22-39-23-37(33)41-36)34-13-6-12-31-30-10-3-4-14-35(30)42-38(31)34/h1-22H,23H2. The highest BCUT2D eigenvalue weighted by molar-refractivity contribution is 7.26. The van der Waals surface area contributed by atoms with E-state index in [4.69, 9.17) is 0 Å². The molecule has 0 N–H and O–H groups in total. The fourth-order valence-corrected chi connectivity index (χ4v) is 8.67. The number of hydrogen-bond acceptors (Lipinski definition) is 4. The zero-order valence-electron chi connectivity index (χ0n) is 22.6. The van der Waals surface area contributed by atoms with Crippen LogP contribution in [0.25, 0.3) is 52.2 Å². The first-order chi connectivity index (χ1) is 20.8. The van der Waals surface area contributed by atoms with Gasteiger partial charge in [-0.1, -0.05) is 84.9 Å². The van der Waals surface area contributed by atoms with Crippen LogP contribution in [0.1, 0.15) is 10.4 Å². The van der Waals surface area contributed by atoms with Gasteiger partial charge in [0.15, 0.2) is 0 Å². The summed E-state index contributed by atoms with van der Waals surface area (Å²) in [5, 5.41) is 6.44. The van der Waals surface area contributed by atoms with E-state index in [2.05, 4.69) is 137 Å². The van der Waals surface area contributed by atoms with Gasteiger partial charge in [0.1, 0.15) is 0 Å². The number of fused-ring (bicyclic) bond motifs is 7. The number of hydrogen-bond donors (Lipinski definition) is 0. The van der Waals surface area contributed by atoms with Gasteiger partial charge in [-0.25, -0.2) is 0 Å². The third-order valence-electron chi connectivity index (χ3n) is 8.35. The number of rotatable bonds is 4. The lowest BCUT2D eigenvalue weighted by Crippen LogP contribution is -2.10. The van der Waals surface area contributed by atoms with E-state index >= 15 is 0 Å². The van der Waals surface area contributed by atoms with Crippen LogP contribution in [0.15, 0.2) is 132 Å². The summed E-state index contributed by atoms with van der Waals surface area (Å²) < 4.78 is 3.93. The average Bonchev–Trinajstić information content (AvgIpc) is 3.75. The van der Waals surface area contributed by atoms with Crippen LogP contribution in [0, 0.1) is 0 Å². The van der Waals surface area contributed by atoms with Crippen LogP contribution in [-0.4, -0.2) is 6.21 Å². The van der Waals surface area contributed by atoms with Crippen molar-refractivity contribution in [2.75, 3.05) is 4.90 Å². The van der Waals surface area contributed by atoms with Crippen molar-refractivity contribution in [2.24, 2.45) is 4.99 Å². The molecule has 0 saturated carbocycles. The van der Waals surface area contributed by atoms with E-state index in [0.29, 0.717) is 0 Å². The van der Waals surface area contributed by atoms with Gasteiger partial charge < -0.3 is 4.90 Å². The van der Waals surface area contributed by atoms with Crippen molar-refractivity contribution in [1.29, 1.82) is 0 Å². The highest BCUT2D eigenvalue weighted by Crippen LogP contribution is 2.46. The molecule has 0 spiro atoms. The summed E-state index contributed by atoms with van der Waals surface area (Å²) in [6.45, 7) is 0.796. The molecule has 2 aromatic heterocycles. The smallest absolute Gasteiger partial charge is 0.0739 e. The molecule has 42 heavy (non-hydrogen) atoms. The topological polar surface area (TPSA) is 15.6 Å². The maximum absolute atomic E-state index is 4.55. The van der Waals surface area contributed by atoms with Crippen LogP contribution < -0.4 is 4.90 Å². The summed E-state index contributed by atoms with van der Waals surface area (Å²) >= 11 is 3.73. The zero-order chi connectivity index (χ0) is 27.6. The van der Waals surface area contributed by atoms with Crippen LogP contribution in [0.3, 0.4) is 0 Å². The summed E-state index contributed by atoms with van der Waals surface area (Å²) in [5.74, 6) is 0. The van der Waals surface area contributed by atoms with E-state index in [0.717, 1.165) is 17.9 Å². The normalized spacial score (nSPS) is 12.6. The third-order valence-corrected chi connectivity index (χ3v) is 10.7. The van der Waals surface area contributed by atoms with Crippen molar-refractivity contribution in [3.8, 4) is 11.1 Å². The second-order valence-corrected chi connectivity index (χ2v) is 12.9. The van der Waals surface area contributed by atoms with Crippen molar-refractivity contribution in [3.05, 3.63) is 138 Å². The summed E-state index contributed by atoms with van der Waals surface area (Å²) in [4.78, 5) is 8.34. The van der Waals surface area contributed by atoms with Crippen molar-refractivity contribution in [2.45, 2.75) is 6.54 Å². The van der Waals surface area contributed by atoms with Crippen molar-refractivity contribution in [3.63, 3.8) is 0 Å². The van der Waals surface area contributed by atoms with Gasteiger partial charge >= 0.3 is 0 Å². The van der Waals surface area contributed by atoms with Crippen molar-refractivity contribution >= 4 is 87.0 Å². The van der Waals surface area contributed by atoms with Crippen molar-refractivity contribution in [1.82, 2.24) is 0 Å². The van der Waals surface area contributed by atoms with E-state index in [1.54, 1.807) is 0 Å². The molecule has 4 heteroatoms. The van der Waals surface area contributed by atoms with Gasteiger partial charge in [-0.2, -0.15) is 0 Å². The molecule has 1 aliphatic rings. The molecule has 0 bridgehead atoms. The Bertz CT molecular complexity index is 2330. The number of anilines is 3. The highest BCUT2D eigenvalue weighted by atomic mass is 32.1. The Morgan fingerprint density at radius 1 is 0.571 bits per heavy atom. The molecule has 0 aliphatic carbocycles. The summed E-state index contributed by atoms with van der Waals surface area (Å²) in [6.07, 6.45) is 2.05. The fraction of sp³-hybridized carbons (Fsp3) is 0.0263. The van der Waals surface area contributed by atoms with E-state index in [1.807, 2.05) is 28.9 Å². The predicted molar refractivity (Wildman–Crippen MR) is 184 cm³/mol. The van der Waals surface area contributed by atoms with Gasteiger partial charge in [-0.3, -0.25) is 4.99 Å². The van der Waals surface area contributed by atoms with Gasteiger partial charge in [0, 0.05) is 53.6 Å². The summed E-state index contributed by atoms with van der Waals surface area (Å²) in [6, 6.07) is 46.6. The first kappa shape index (κ1) is 23.9. The molecular weight excluding hydrogens is 549 g/mol. The third kappa shape index (κ3) is 3.66. The van der Waals surface area contributed by atoms with E-state index in [-0.39, 0.29) is 0 Å². The molecule has 9 rings (SSSR count). The molecule has 6 aromatic carbocycles. The highest BCUT2D eigenvalue weighted by Gasteiger charge is 2.21. The van der Waals surface area contributed by atoms with E-state index < -0.39 is 0 Å². The monoisotopic (exact) mass is 572 g/mol. The Morgan fingerprint density at radius 2 is 1.31 bits per heavy atom. The largest absolute Gasteiger partial charge is 0.309 e. The first-order valence-corrected chi connectivity index (χ1v) is 15.8. The van der Waals surface area contributed by atoms with Gasteiger partial charge in [0.25, 0.3) is 0 Å². The lowest BCUT2D eigenvalue weighted by Gasteiger charge is -2.26. The lowest BCUT2D eigenvalue weighted by atomic mass is 9.98. The Morgan fingerprint density at radius 3 is 2.24 bits per heavy atom. The molecule has 8 aromatic rings. The minimum absolute atomic E-state index is 0.796. The SMILES string of the molecule is C1=NCc2sc3ccc(N(c4ccc(-c5cccc6ccccc56)cc4)c4cccc5c4sc4ccccc45)cc3c21. The van der Waals surface area contributed by atoms with Crippen LogP contribution >= 0.6 is 22.7 Å². The molecule has 0 amide bonds. The van der Waals surface area contributed by atoms with E-state index in [1.165, 1.54) is 68.3 Å². The quantitative estimate of drug-likeness (QED) is 0.205. The van der Waals surface area contributed by atoms with Crippen LogP contribution in [0.4, 0.5) is 17.1 Å². The molecular formula is C38H24N2S2. The van der Waals surface area contributed by atoms with Gasteiger partial charge in [-0.05, 0) is 64.4 Å². The van der Waals surface area contributed by atoms with Crippen LogP contribution in [0.2, 0.25) is 0 Å². The second-order valence-electron chi connectivity index (χ2n) is 10.8. The zero-order valence-corrected chi connectivity index (χ0v) is 24.3. The minimum Gasteiger partial charge on any atom is -0.309 e. The summed E-state index contributed by atoms with van der Waals surface area (Å²) in [5.41, 5.74) is 7.26. The molecule has 2 nitrogen and oxygen atoms in total. The van der Waals surface area contributed by atoms with Crippen LogP contribution in [0.5, 0.6) is 0 Å². The Balaban J connectivity index is 1.25. The molecule has 1 aliphatic heterocycles. The maximum atomic E-state index is 4.55. The first-order valence-electron chi connectivity index (χ1n) is 14.2. The Hall–Kier alpha value is -4.77. The maximum Gasteiger partial charge on any atom is 0.0739 e. The molecule has 0 unspecified atom stereocenters. The van der Waals surface area contributed by atoms with Gasteiger partial charge in [0.05, 0.1) is 16.9 Å². The second kappa shape index (κ2) is 9.38. The molecule has 3 heterocycles. The Labute approximate surface area is 251 Å². The number of thiophene rings is 2. The average molecular weight is 573 g/mol. The van der Waals surface area contributed by atoms with Crippen LogP contribution in [-0.2, 0) is 6.54 Å². The molecule has 0 saturated heterocycles. The molecule has 198 valence electrons. The minimum atomic E-state index is 0.796. The van der Waals surface area contributed by atoms with Gasteiger partial charge in [-0.15, -0.1) is 22.7 Å². The summed E-state index contributed by atoms with van der Waals surface area (Å²) in [7, 11) is 0. The number of nitrogens with zero attached hydrogens (tertiary/aromatic N) is 2. The van der Waals surface area contributed by atoms with Gasteiger partial charge in [0.2, 0.25) is 0 Å². The number of aliphatic imine (C=N–C) groups is 1.